The van der Waals surface area contributed by atoms with Crippen molar-refractivity contribution in [3.8, 4) is 0 Å². The van der Waals surface area contributed by atoms with Crippen molar-refractivity contribution >= 4 is 12.0 Å². The van der Waals surface area contributed by atoms with Crippen LogP contribution in [0.2, 0.25) is 0 Å². The second-order valence-corrected chi connectivity index (χ2v) is 6.38. The standard InChI is InChI=1S/C17H31NO3/c1-4-5-6-7-8-9-10-11-12-16(19)18-15(14(2)3)13-21-17(18)20/h14-15H,4-13H2,1-3H3/t15-/m1/s1. The van der Waals surface area contributed by atoms with Crippen LogP contribution in [0.4, 0.5) is 4.79 Å². The van der Waals surface area contributed by atoms with Gasteiger partial charge in [-0.1, -0.05) is 65.7 Å². The number of carbonyl (C=O) groups is 2. The third-order valence-electron chi connectivity index (χ3n) is 4.19. The molecule has 0 aromatic heterocycles. The number of imide groups is 1. The quantitative estimate of drug-likeness (QED) is 0.557. The number of hydrogen-bond donors (Lipinski definition) is 0. The lowest BCUT2D eigenvalue weighted by atomic mass is 10.0. The summed E-state index contributed by atoms with van der Waals surface area (Å²) in [5, 5.41) is 0. The van der Waals surface area contributed by atoms with E-state index in [1.807, 2.05) is 13.8 Å². The van der Waals surface area contributed by atoms with Gasteiger partial charge in [-0.15, -0.1) is 0 Å². The summed E-state index contributed by atoms with van der Waals surface area (Å²) in [4.78, 5) is 25.2. The third-order valence-corrected chi connectivity index (χ3v) is 4.19. The van der Waals surface area contributed by atoms with Crippen molar-refractivity contribution in [1.29, 1.82) is 0 Å². The maximum Gasteiger partial charge on any atom is 0.416 e. The largest absolute Gasteiger partial charge is 0.447 e. The van der Waals surface area contributed by atoms with Crippen LogP contribution >= 0.6 is 0 Å². The molecule has 0 spiro atoms. The van der Waals surface area contributed by atoms with Gasteiger partial charge >= 0.3 is 6.09 Å². The van der Waals surface area contributed by atoms with E-state index in [4.69, 9.17) is 4.74 Å². The van der Waals surface area contributed by atoms with E-state index in [1.165, 1.54) is 43.4 Å². The van der Waals surface area contributed by atoms with Gasteiger partial charge in [-0.3, -0.25) is 4.79 Å². The van der Waals surface area contributed by atoms with Crippen LogP contribution in [0.5, 0.6) is 0 Å². The van der Waals surface area contributed by atoms with Crippen LogP contribution in [0.1, 0.15) is 78.6 Å². The van der Waals surface area contributed by atoms with Crippen molar-refractivity contribution in [3.05, 3.63) is 0 Å². The monoisotopic (exact) mass is 297 g/mol. The van der Waals surface area contributed by atoms with Crippen LogP contribution in [0.15, 0.2) is 0 Å². The van der Waals surface area contributed by atoms with Gasteiger partial charge in [0.2, 0.25) is 5.91 Å². The zero-order valence-electron chi connectivity index (χ0n) is 13.9. The Labute approximate surface area is 129 Å². The highest BCUT2D eigenvalue weighted by atomic mass is 16.6. The molecule has 0 aromatic carbocycles. The summed E-state index contributed by atoms with van der Waals surface area (Å²) in [5.41, 5.74) is 0. The Morgan fingerprint density at radius 2 is 1.71 bits per heavy atom. The highest BCUT2D eigenvalue weighted by molar-refractivity contribution is 5.93. The number of carbonyl (C=O) groups excluding carboxylic acids is 2. The van der Waals surface area contributed by atoms with Crippen LogP contribution in [-0.4, -0.2) is 29.5 Å². The predicted molar refractivity (Wildman–Crippen MR) is 84.0 cm³/mol. The summed E-state index contributed by atoms with van der Waals surface area (Å²) in [5.74, 6) is 0.182. The molecule has 4 heteroatoms. The Bertz CT molecular complexity index is 328. The van der Waals surface area contributed by atoms with Crippen molar-refractivity contribution in [2.45, 2.75) is 84.6 Å². The number of amides is 2. The van der Waals surface area contributed by atoms with Crippen LogP contribution < -0.4 is 0 Å². The van der Waals surface area contributed by atoms with E-state index in [0.29, 0.717) is 13.0 Å². The van der Waals surface area contributed by atoms with Gasteiger partial charge < -0.3 is 4.74 Å². The lowest BCUT2D eigenvalue weighted by molar-refractivity contribution is -0.129. The normalized spacial score (nSPS) is 18.4. The molecule has 1 atom stereocenters. The van der Waals surface area contributed by atoms with Crippen LogP contribution in [0.25, 0.3) is 0 Å². The summed E-state index contributed by atoms with van der Waals surface area (Å²) in [6.45, 7) is 6.60. The van der Waals surface area contributed by atoms with Crippen LogP contribution in [0.3, 0.4) is 0 Å². The van der Waals surface area contributed by atoms with Crippen molar-refractivity contribution in [1.82, 2.24) is 4.90 Å². The molecule has 1 aliphatic heterocycles. The van der Waals surface area contributed by atoms with Gasteiger partial charge in [-0.2, -0.15) is 0 Å². The fourth-order valence-corrected chi connectivity index (χ4v) is 2.74. The van der Waals surface area contributed by atoms with Gasteiger partial charge in [0.05, 0.1) is 6.04 Å². The van der Waals surface area contributed by atoms with Crippen molar-refractivity contribution in [2.75, 3.05) is 6.61 Å². The second-order valence-electron chi connectivity index (χ2n) is 6.38. The highest BCUT2D eigenvalue weighted by Crippen LogP contribution is 2.21. The molecular weight excluding hydrogens is 266 g/mol. The average Bonchev–Trinajstić information content (AvgIpc) is 2.83. The van der Waals surface area contributed by atoms with E-state index in [2.05, 4.69) is 6.92 Å². The van der Waals surface area contributed by atoms with Crippen molar-refractivity contribution < 1.29 is 14.3 Å². The molecule has 0 bridgehead atoms. The molecule has 1 saturated heterocycles. The smallest absolute Gasteiger partial charge is 0.416 e. The third kappa shape index (κ3) is 6.06. The lowest BCUT2D eigenvalue weighted by Crippen LogP contribution is -2.41. The van der Waals surface area contributed by atoms with E-state index < -0.39 is 6.09 Å². The van der Waals surface area contributed by atoms with Crippen LogP contribution in [-0.2, 0) is 9.53 Å². The molecule has 1 rings (SSSR count). The minimum Gasteiger partial charge on any atom is -0.447 e. The summed E-state index contributed by atoms with van der Waals surface area (Å²) >= 11 is 0. The number of cyclic esters (lactones) is 1. The molecule has 2 amide bonds. The lowest BCUT2D eigenvalue weighted by Gasteiger charge is -2.22. The number of hydrogen-bond acceptors (Lipinski definition) is 3. The molecule has 0 radical (unpaired) electrons. The highest BCUT2D eigenvalue weighted by Gasteiger charge is 2.38. The molecular formula is C17H31NO3. The topological polar surface area (TPSA) is 46.6 Å². The van der Waals surface area contributed by atoms with Gasteiger partial charge in [0.1, 0.15) is 6.61 Å². The molecule has 1 fully saturated rings. The van der Waals surface area contributed by atoms with Crippen LogP contribution in [0, 0.1) is 5.92 Å². The molecule has 1 heterocycles. The Morgan fingerprint density at radius 1 is 1.14 bits per heavy atom. The number of nitrogens with zero attached hydrogens (tertiary/aromatic N) is 1. The molecule has 0 saturated carbocycles. The summed E-state index contributed by atoms with van der Waals surface area (Å²) in [6, 6.07) is -0.0842. The van der Waals surface area contributed by atoms with E-state index in [-0.39, 0.29) is 17.9 Å². The number of rotatable bonds is 10. The molecule has 4 nitrogen and oxygen atoms in total. The minimum absolute atomic E-state index is 0.0674. The minimum atomic E-state index is -0.460. The summed E-state index contributed by atoms with van der Waals surface area (Å²) in [6.07, 6.45) is 9.63. The maximum absolute atomic E-state index is 12.2. The Hall–Kier alpha value is -1.06. The Balaban J connectivity index is 2.17. The number of ether oxygens (including phenoxy) is 1. The molecule has 1 aliphatic rings. The molecule has 21 heavy (non-hydrogen) atoms. The average molecular weight is 297 g/mol. The Morgan fingerprint density at radius 3 is 2.29 bits per heavy atom. The zero-order valence-corrected chi connectivity index (χ0v) is 13.9. The van der Waals surface area contributed by atoms with E-state index in [9.17, 15) is 9.59 Å². The SMILES string of the molecule is CCCCCCCCCCC(=O)N1C(=O)OC[C@@H]1C(C)C. The van der Waals surface area contributed by atoms with E-state index in [0.717, 1.165) is 12.8 Å². The molecule has 0 aromatic rings. The molecule has 0 unspecified atom stereocenters. The summed E-state index contributed by atoms with van der Waals surface area (Å²) < 4.78 is 5.01. The molecule has 122 valence electrons. The molecule has 0 aliphatic carbocycles. The fourth-order valence-electron chi connectivity index (χ4n) is 2.74. The van der Waals surface area contributed by atoms with Crippen molar-refractivity contribution in [3.63, 3.8) is 0 Å². The first-order chi connectivity index (χ1) is 10.1. The van der Waals surface area contributed by atoms with E-state index >= 15 is 0 Å². The van der Waals surface area contributed by atoms with Gasteiger partial charge in [-0.05, 0) is 12.3 Å². The van der Waals surface area contributed by atoms with Gasteiger partial charge in [-0.25, -0.2) is 9.69 Å². The van der Waals surface area contributed by atoms with Gasteiger partial charge in [0, 0.05) is 6.42 Å². The van der Waals surface area contributed by atoms with Gasteiger partial charge in [0.25, 0.3) is 0 Å². The maximum atomic E-state index is 12.2. The van der Waals surface area contributed by atoms with E-state index in [1.54, 1.807) is 0 Å². The first-order valence-electron chi connectivity index (χ1n) is 8.56. The number of unbranched alkanes of at least 4 members (excludes halogenated alkanes) is 7. The van der Waals surface area contributed by atoms with Crippen molar-refractivity contribution in [2.24, 2.45) is 5.92 Å². The van der Waals surface area contributed by atoms with Gasteiger partial charge in [0.15, 0.2) is 0 Å². The zero-order chi connectivity index (χ0) is 15.7. The Kier molecular flexibility index (Phi) is 8.40. The summed E-state index contributed by atoms with van der Waals surface area (Å²) in [7, 11) is 0. The second kappa shape index (κ2) is 9.80. The first kappa shape index (κ1) is 18.0. The first-order valence-corrected chi connectivity index (χ1v) is 8.56. The molecule has 0 N–H and O–H groups in total. The predicted octanol–water partition coefficient (Wildman–Crippen LogP) is 4.52. The fraction of sp³-hybridized carbons (Fsp3) is 0.882.